The fraction of sp³-hybridized carbons (Fsp3) is 0.0976. The zero-order valence-electron chi connectivity index (χ0n) is 26.6. The van der Waals surface area contributed by atoms with E-state index in [1.807, 2.05) is 36.4 Å². The van der Waals surface area contributed by atoms with Crippen molar-refractivity contribution in [1.82, 2.24) is 0 Å². The van der Waals surface area contributed by atoms with Crippen molar-refractivity contribution in [2.24, 2.45) is 0 Å². The first kappa shape index (κ1) is 33.0. The summed E-state index contributed by atoms with van der Waals surface area (Å²) in [5.41, 5.74) is 6.12. The number of fused-ring (bicyclic) bond motifs is 2. The molecule has 6 aromatic carbocycles. The lowest BCUT2D eigenvalue weighted by molar-refractivity contribution is -0.988. The van der Waals surface area contributed by atoms with Gasteiger partial charge in [0.15, 0.2) is 25.6 Å². The Hall–Kier alpha value is -4.89. The predicted octanol–water partition coefficient (Wildman–Crippen LogP) is 4.64. The summed E-state index contributed by atoms with van der Waals surface area (Å²) in [4.78, 5) is 12.7. The minimum absolute atomic E-state index is 0.0219. The third-order valence-corrected chi connectivity index (χ3v) is 10.4. The van der Waals surface area contributed by atoms with E-state index in [-0.39, 0.29) is 36.6 Å². The van der Waals surface area contributed by atoms with E-state index in [0.29, 0.717) is 10.8 Å². The second-order valence-corrected chi connectivity index (χ2v) is 13.3. The van der Waals surface area contributed by atoms with Gasteiger partial charge in [0.2, 0.25) is 0 Å². The zero-order valence-corrected chi connectivity index (χ0v) is 27.4. The van der Waals surface area contributed by atoms with Gasteiger partial charge in [-0.1, -0.05) is 140 Å². The molecule has 0 saturated heterocycles. The summed E-state index contributed by atoms with van der Waals surface area (Å²) < 4.78 is 1.58. The molecule has 7 aromatic rings. The lowest BCUT2D eigenvalue weighted by Gasteiger charge is -2.44. The second kappa shape index (κ2) is 14.9. The molecule has 7 heteroatoms. The first-order chi connectivity index (χ1) is 23.5. The first-order valence-electron chi connectivity index (χ1n) is 16.0. The highest BCUT2D eigenvalue weighted by atomic mass is 32.1. The molecule has 0 aliphatic rings. The van der Waals surface area contributed by atoms with Gasteiger partial charge in [0.1, 0.15) is 12.7 Å². The van der Waals surface area contributed by atoms with Crippen LogP contribution in [0.2, 0.25) is 0 Å². The third-order valence-electron chi connectivity index (χ3n) is 9.26. The Morgan fingerprint density at radius 1 is 0.479 bits per heavy atom. The van der Waals surface area contributed by atoms with Crippen molar-refractivity contribution in [3.63, 3.8) is 0 Å². The van der Waals surface area contributed by atoms with Crippen molar-refractivity contribution in [2.45, 2.75) is 6.54 Å². The molecule has 0 spiro atoms. The average molecular weight is 652 g/mol. The summed E-state index contributed by atoms with van der Waals surface area (Å²) in [5, 5.41) is 29.6. The Bertz CT molecular complexity index is 1970. The molecule has 5 nitrogen and oxygen atoms in total. The van der Waals surface area contributed by atoms with Crippen molar-refractivity contribution >= 4 is 59.5 Å². The maximum atomic E-state index is 12.7. The summed E-state index contributed by atoms with van der Waals surface area (Å²) >= 11 is 1.56. The standard InChI is InChI=1S/C24H20B.C17H18NO4S/c1-5-13-21(14-6-1)25(22-15-7-2-8-16-22,23-17-9-3-10-18-23)24-19-11-4-12-20-24;19-9-18(10-20,11-21)8-12-5-6-16-14(7-12)17(22)13-3-1-2-4-15(13)23-16/h1-20H;1-7,19-21H,8-11H2/q-1;+1. The molecule has 0 unspecified atom stereocenters. The summed E-state index contributed by atoms with van der Waals surface area (Å²) in [5.74, 6) is 0. The summed E-state index contributed by atoms with van der Waals surface area (Å²) in [7, 11) is 0. The van der Waals surface area contributed by atoms with E-state index in [1.54, 1.807) is 17.4 Å². The molecule has 48 heavy (non-hydrogen) atoms. The van der Waals surface area contributed by atoms with Gasteiger partial charge in [0, 0.05) is 25.7 Å². The van der Waals surface area contributed by atoms with Crippen molar-refractivity contribution in [3.8, 4) is 0 Å². The topological polar surface area (TPSA) is 77.8 Å². The molecule has 0 bridgehead atoms. The zero-order chi connectivity index (χ0) is 33.4. The number of rotatable bonds is 9. The van der Waals surface area contributed by atoms with Crippen molar-refractivity contribution < 1.29 is 19.8 Å². The molecule has 0 saturated carbocycles. The van der Waals surface area contributed by atoms with Gasteiger partial charge in [-0.15, -0.1) is 11.3 Å². The van der Waals surface area contributed by atoms with Crippen LogP contribution in [0.3, 0.4) is 0 Å². The molecule has 240 valence electrons. The Morgan fingerprint density at radius 3 is 1.31 bits per heavy atom. The van der Waals surface area contributed by atoms with Crippen LogP contribution in [0, 0.1) is 0 Å². The van der Waals surface area contributed by atoms with Crippen LogP contribution in [0.15, 0.2) is 169 Å². The van der Waals surface area contributed by atoms with E-state index in [0.717, 1.165) is 15.0 Å². The largest absolute Gasteiger partial charge is 0.347 e. The van der Waals surface area contributed by atoms with Gasteiger partial charge < -0.3 is 15.3 Å². The Morgan fingerprint density at radius 2 is 0.875 bits per heavy atom. The monoisotopic (exact) mass is 651 g/mol. The molecule has 0 aliphatic carbocycles. The van der Waals surface area contributed by atoms with Gasteiger partial charge in [-0.25, -0.2) is 0 Å². The van der Waals surface area contributed by atoms with Gasteiger partial charge in [-0.05, 0) is 24.3 Å². The molecule has 0 amide bonds. The number of hydrogen-bond donors (Lipinski definition) is 3. The first-order valence-corrected chi connectivity index (χ1v) is 16.9. The van der Waals surface area contributed by atoms with Crippen molar-refractivity contribution in [1.29, 1.82) is 0 Å². The molecule has 0 radical (unpaired) electrons. The van der Waals surface area contributed by atoms with Crippen LogP contribution >= 0.6 is 11.3 Å². The number of nitrogens with zero attached hydrogens (tertiary/aromatic N) is 1. The van der Waals surface area contributed by atoms with Crippen LogP contribution in [0.5, 0.6) is 0 Å². The van der Waals surface area contributed by atoms with Crippen LogP contribution < -0.4 is 27.3 Å². The molecule has 0 atom stereocenters. The van der Waals surface area contributed by atoms with Crippen LogP contribution in [0.25, 0.3) is 20.2 Å². The highest BCUT2D eigenvalue weighted by molar-refractivity contribution is 7.24. The molecule has 0 fully saturated rings. The summed E-state index contributed by atoms with van der Waals surface area (Å²) in [6, 6.07) is 56.6. The fourth-order valence-electron chi connectivity index (χ4n) is 6.74. The Labute approximate surface area is 284 Å². The lowest BCUT2D eigenvalue weighted by atomic mass is 9.13. The molecule has 0 aliphatic heterocycles. The molecule has 1 aromatic heterocycles. The number of quaternary nitrogens is 1. The molecule has 7 rings (SSSR count). The Balaban J connectivity index is 0.000000168. The quantitative estimate of drug-likeness (QED) is 0.0921. The van der Waals surface area contributed by atoms with Crippen LogP contribution in [0.4, 0.5) is 0 Å². The van der Waals surface area contributed by atoms with Gasteiger partial charge in [-0.3, -0.25) is 9.28 Å². The van der Waals surface area contributed by atoms with E-state index < -0.39 is 6.15 Å². The third kappa shape index (κ3) is 6.47. The highest BCUT2D eigenvalue weighted by Crippen LogP contribution is 2.26. The van der Waals surface area contributed by atoms with Crippen molar-refractivity contribution in [3.05, 3.63) is 180 Å². The number of benzene rings is 6. The maximum absolute atomic E-state index is 12.7. The minimum Gasteiger partial charge on any atom is -0.347 e. The van der Waals surface area contributed by atoms with Crippen LogP contribution in [-0.4, -0.2) is 46.1 Å². The van der Waals surface area contributed by atoms with Gasteiger partial charge in [0.05, 0.1) is 0 Å². The van der Waals surface area contributed by atoms with E-state index in [4.69, 9.17) is 0 Å². The predicted molar refractivity (Wildman–Crippen MR) is 201 cm³/mol. The van der Waals surface area contributed by atoms with Gasteiger partial charge >= 0.3 is 0 Å². The maximum Gasteiger partial charge on any atom is 0.195 e. The van der Waals surface area contributed by atoms with Gasteiger partial charge in [0.25, 0.3) is 0 Å². The number of hydrogen-bond acceptors (Lipinski definition) is 5. The Kier molecular flexibility index (Phi) is 10.3. The van der Waals surface area contributed by atoms with E-state index >= 15 is 0 Å². The summed E-state index contributed by atoms with van der Waals surface area (Å²) in [6.45, 7) is -0.892. The molecule has 1 heterocycles. The highest BCUT2D eigenvalue weighted by Gasteiger charge is 2.31. The van der Waals surface area contributed by atoms with Gasteiger partial charge in [-0.2, -0.15) is 21.9 Å². The van der Waals surface area contributed by atoms with Crippen LogP contribution in [-0.2, 0) is 6.54 Å². The minimum atomic E-state index is -1.22. The van der Waals surface area contributed by atoms with E-state index in [2.05, 4.69) is 121 Å². The normalized spacial score (nSPS) is 11.6. The smallest absolute Gasteiger partial charge is 0.195 e. The summed E-state index contributed by atoms with van der Waals surface area (Å²) in [6.07, 6.45) is -1.22. The fourth-order valence-corrected chi connectivity index (χ4v) is 7.79. The lowest BCUT2D eigenvalue weighted by Crippen LogP contribution is -2.74. The average Bonchev–Trinajstić information content (AvgIpc) is 3.17. The molecular weight excluding hydrogens is 613 g/mol. The molecular formula is C41H38BNO4S. The number of aliphatic hydroxyl groups excluding tert-OH is 3. The number of aliphatic hydroxyl groups is 3. The van der Waals surface area contributed by atoms with Crippen molar-refractivity contribution in [2.75, 3.05) is 20.2 Å². The van der Waals surface area contributed by atoms with E-state index in [9.17, 15) is 20.1 Å². The molecule has 3 N–H and O–H groups in total. The van der Waals surface area contributed by atoms with Crippen LogP contribution in [0.1, 0.15) is 5.56 Å². The van der Waals surface area contributed by atoms with E-state index in [1.165, 1.54) is 21.9 Å². The SMILES string of the molecule is O=c1c2ccccc2sc2ccc(C[N+](CO)(CO)CO)cc12.c1ccc([B-](c2ccccc2)(c2ccccc2)c2ccccc2)cc1. The second-order valence-electron chi connectivity index (χ2n) is 12.2.